The first-order chi connectivity index (χ1) is 9.04. The average molecular weight is 346 g/mol. The number of piperidine rings is 1. The Morgan fingerprint density at radius 3 is 2.89 bits per heavy atom. The molecule has 1 aliphatic rings. The van der Waals surface area contributed by atoms with Crippen LogP contribution in [-0.2, 0) is 0 Å². The van der Waals surface area contributed by atoms with Crippen LogP contribution in [0.2, 0.25) is 5.02 Å². The second-order valence-electron chi connectivity index (χ2n) is 5.50. The minimum absolute atomic E-state index is 0.317. The molecule has 2 N–H and O–H groups in total. The molecule has 19 heavy (non-hydrogen) atoms. The molecule has 1 aromatic carbocycles. The zero-order valence-electron chi connectivity index (χ0n) is 11.6. The first-order valence-electron chi connectivity index (χ1n) is 6.95. The summed E-state index contributed by atoms with van der Waals surface area (Å²) < 4.78 is 1.02. The Bertz CT molecular complexity index is 438. The number of hydrogen-bond acceptors (Lipinski definition) is 2. The van der Waals surface area contributed by atoms with Crippen molar-refractivity contribution in [3.8, 4) is 0 Å². The largest absolute Gasteiger partial charge is 0.329 e. The van der Waals surface area contributed by atoms with Gasteiger partial charge in [-0.1, -0.05) is 40.5 Å². The molecular formula is C15H22BrClN2. The molecule has 1 aliphatic heterocycles. The maximum Gasteiger partial charge on any atom is 0.0464 e. The van der Waals surface area contributed by atoms with Crippen LogP contribution in [0, 0.1) is 5.92 Å². The van der Waals surface area contributed by atoms with Gasteiger partial charge in [-0.3, -0.25) is 4.90 Å². The van der Waals surface area contributed by atoms with E-state index < -0.39 is 0 Å². The van der Waals surface area contributed by atoms with Crippen LogP contribution in [0.25, 0.3) is 0 Å². The molecule has 0 bridgehead atoms. The molecule has 0 radical (unpaired) electrons. The second kappa shape index (κ2) is 6.57. The molecule has 1 fully saturated rings. The Morgan fingerprint density at radius 1 is 1.53 bits per heavy atom. The SMILES string of the molecule is CC1CCCN(C(C)c2ccc(Br)cc2Cl)C1CN. The summed E-state index contributed by atoms with van der Waals surface area (Å²) in [6, 6.07) is 6.92. The van der Waals surface area contributed by atoms with E-state index in [-0.39, 0.29) is 0 Å². The van der Waals surface area contributed by atoms with Crippen LogP contribution in [0.1, 0.15) is 38.3 Å². The highest BCUT2D eigenvalue weighted by atomic mass is 79.9. The van der Waals surface area contributed by atoms with E-state index in [1.807, 2.05) is 6.07 Å². The summed E-state index contributed by atoms with van der Waals surface area (Å²) in [6.07, 6.45) is 2.52. The molecule has 1 saturated heterocycles. The highest BCUT2D eigenvalue weighted by molar-refractivity contribution is 9.10. The van der Waals surface area contributed by atoms with E-state index in [2.05, 4.69) is 46.8 Å². The third-order valence-corrected chi connectivity index (χ3v) is 5.13. The number of rotatable bonds is 3. The third kappa shape index (κ3) is 3.33. The molecule has 0 aliphatic carbocycles. The van der Waals surface area contributed by atoms with Gasteiger partial charge in [0, 0.05) is 28.1 Å². The van der Waals surface area contributed by atoms with Crippen LogP contribution in [0.15, 0.2) is 22.7 Å². The predicted octanol–water partition coefficient (Wildman–Crippen LogP) is 4.22. The molecule has 3 atom stereocenters. The van der Waals surface area contributed by atoms with Crippen molar-refractivity contribution in [1.82, 2.24) is 4.90 Å². The Labute approximate surface area is 129 Å². The fourth-order valence-electron chi connectivity index (χ4n) is 3.15. The normalized spacial score (nSPS) is 26.4. The van der Waals surface area contributed by atoms with E-state index in [1.54, 1.807) is 0 Å². The number of halogens is 2. The predicted molar refractivity (Wildman–Crippen MR) is 85.5 cm³/mol. The van der Waals surface area contributed by atoms with Crippen LogP contribution in [0.3, 0.4) is 0 Å². The van der Waals surface area contributed by atoms with Gasteiger partial charge in [0.15, 0.2) is 0 Å². The van der Waals surface area contributed by atoms with Crippen LogP contribution in [-0.4, -0.2) is 24.0 Å². The van der Waals surface area contributed by atoms with Crippen LogP contribution < -0.4 is 5.73 Å². The summed E-state index contributed by atoms with van der Waals surface area (Å²) >= 11 is 9.84. The van der Waals surface area contributed by atoms with Gasteiger partial charge in [0.25, 0.3) is 0 Å². The van der Waals surface area contributed by atoms with Crippen LogP contribution >= 0.6 is 27.5 Å². The summed E-state index contributed by atoms with van der Waals surface area (Å²) in [5.74, 6) is 0.662. The van der Waals surface area contributed by atoms with Crippen LogP contribution in [0.5, 0.6) is 0 Å². The summed E-state index contributed by atoms with van der Waals surface area (Å²) in [7, 11) is 0. The Balaban J connectivity index is 2.24. The fraction of sp³-hybridized carbons (Fsp3) is 0.600. The van der Waals surface area contributed by atoms with Crippen molar-refractivity contribution in [3.05, 3.63) is 33.3 Å². The zero-order chi connectivity index (χ0) is 14.0. The lowest BCUT2D eigenvalue weighted by Crippen LogP contribution is -2.49. The van der Waals surface area contributed by atoms with Gasteiger partial charge >= 0.3 is 0 Å². The van der Waals surface area contributed by atoms with E-state index >= 15 is 0 Å². The Morgan fingerprint density at radius 2 is 2.26 bits per heavy atom. The molecule has 2 rings (SSSR count). The number of nitrogens with zero attached hydrogens (tertiary/aromatic N) is 1. The molecule has 0 amide bonds. The van der Waals surface area contributed by atoms with E-state index in [0.717, 1.165) is 22.6 Å². The van der Waals surface area contributed by atoms with E-state index in [0.29, 0.717) is 18.0 Å². The lowest BCUT2D eigenvalue weighted by atomic mass is 9.88. The van der Waals surface area contributed by atoms with Crippen molar-refractivity contribution in [2.24, 2.45) is 11.7 Å². The smallest absolute Gasteiger partial charge is 0.0464 e. The summed E-state index contributed by atoms with van der Waals surface area (Å²) in [5.41, 5.74) is 7.17. The van der Waals surface area contributed by atoms with Crippen LogP contribution in [0.4, 0.5) is 0 Å². The Hall–Kier alpha value is -0.0900. The quantitative estimate of drug-likeness (QED) is 0.888. The topological polar surface area (TPSA) is 29.3 Å². The van der Waals surface area contributed by atoms with Crippen molar-refractivity contribution in [2.45, 2.75) is 38.8 Å². The van der Waals surface area contributed by atoms with Crippen molar-refractivity contribution in [2.75, 3.05) is 13.1 Å². The monoisotopic (exact) mass is 344 g/mol. The van der Waals surface area contributed by atoms with Gasteiger partial charge in [0.2, 0.25) is 0 Å². The number of hydrogen-bond donors (Lipinski definition) is 1. The summed E-state index contributed by atoms with van der Waals surface area (Å²) in [5, 5.41) is 0.830. The van der Waals surface area contributed by atoms with E-state index in [4.69, 9.17) is 17.3 Å². The molecule has 1 heterocycles. The van der Waals surface area contributed by atoms with Gasteiger partial charge < -0.3 is 5.73 Å². The van der Waals surface area contributed by atoms with Gasteiger partial charge in [-0.25, -0.2) is 0 Å². The van der Waals surface area contributed by atoms with E-state index in [1.165, 1.54) is 18.4 Å². The molecular weight excluding hydrogens is 324 g/mol. The molecule has 2 nitrogen and oxygen atoms in total. The molecule has 0 saturated carbocycles. The lowest BCUT2D eigenvalue weighted by Gasteiger charge is -2.43. The minimum Gasteiger partial charge on any atom is -0.329 e. The van der Waals surface area contributed by atoms with Crippen molar-refractivity contribution in [3.63, 3.8) is 0 Å². The Kier molecular flexibility index (Phi) is 5.29. The van der Waals surface area contributed by atoms with Gasteiger partial charge in [0.1, 0.15) is 0 Å². The standard InChI is InChI=1S/C15H22BrClN2/c1-10-4-3-7-19(15(10)9-18)11(2)13-6-5-12(16)8-14(13)17/h5-6,8,10-11,15H,3-4,7,9,18H2,1-2H3. The highest BCUT2D eigenvalue weighted by Crippen LogP contribution is 2.34. The van der Waals surface area contributed by atoms with Gasteiger partial charge in [-0.2, -0.15) is 0 Å². The van der Waals surface area contributed by atoms with Crippen molar-refractivity contribution < 1.29 is 0 Å². The second-order valence-corrected chi connectivity index (χ2v) is 6.83. The lowest BCUT2D eigenvalue weighted by molar-refractivity contribution is 0.0690. The third-order valence-electron chi connectivity index (χ3n) is 4.31. The van der Waals surface area contributed by atoms with Crippen molar-refractivity contribution >= 4 is 27.5 Å². The first-order valence-corrected chi connectivity index (χ1v) is 8.12. The first kappa shape index (κ1) is 15.3. The van der Waals surface area contributed by atoms with Gasteiger partial charge in [0.05, 0.1) is 0 Å². The molecule has 106 valence electrons. The van der Waals surface area contributed by atoms with Crippen molar-refractivity contribution in [1.29, 1.82) is 0 Å². The molecule has 4 heteroatoms. The fourth-order valence-corrected chi connectivity index (χ4v) is 3.98. The summed E-state index contributed by atoms with van der Waals surface area (Å²) in [6.45, 7) is 6.37. The summed E-state index contributed by atoms with van der Waals surface area (Å²) in [4.78, 5) is 2.52. The number of benzene rings is 1. The van der Waals surface area contributed by atoms with Gasteiger partial charge in [-0.05, 0) is 49.9 Å². The zero-order valence-corrected chi connectivity index (χ0v) is 13.9. The maximum absolute atomic E-state index is 6.38. The maximum atomic E-state index is 6.38. The molecule has 0 aromatic heterocycles. The highest BCUT2D eigenvalue weighted by Gasteiger charge is 2.31. The minimum atomic E-state index is 0.317. The average Bonchev–Trinajstić information content (AvgIpc) is 2.37. The molecule has 0 spiro atoms. The van der Waals surface area contributed by atoms with Gasteiger partial charge in [-0.15, -0.1) is 0 Å². The molecule has 1 aromatic rings. The number of nitrogens with two attached hydrogens (primary N) is 1. The number of likely N-dealkylation sites (tertiary alicyclic amines) is 1. The van der Waals surface area contributed by atoms with E-state index in [9.17, 15) is 0 Å². The molecule has 3 unspecified atom stereocenters.